The van der Waals surface area contributed by atoms with Gasteiger partial charge in [-0.1, -0.05) is 0 Å². The average molecular weight is 224 g/mol. The molecule has 0 aliphatic heterocycles. The molecule has 0 heterocycles. The summed E-state index contributed by atoms with van der Waals surface area (Å²) in [6, 6.07) is 4.63. The third-order valence-corrected chi connectivity index (χ3v) is 2.40. The van der Waals surface area contributed by atoms with Gasteiger partial charge in [-0.3, -0.25) is 4.79 Å². The van der Waals surface area contributed by atoms with Crippen LogP contribution in [0.1, 0.15) is 19.4 Å². The Kier molecular flexibility index (Phi) is 4.43. The normalized spacial score (nSPS) is 12.2. The molecule has 0 fully saturated rings. The highest BCUT2D eigenvalue weighted by Gasteiger charge is 2.08. The number of rotatable bonds is 4. The molecule has 88 valence electrons. The summed E-state index contributed by atoms with van der Waals surface area (Å²) in [4.78, 5) is 11.0. The van der Waals surface area contributed by atoms with Gasteiger partial charge in [0.1, 0.15) is 5.82 Å². The average Bonchev–Trinajstić information content (AvgIpc) is 2.21. The molecule has 0 saturated carbocycles. The zero-order chi connectivity index (χ0) is 12.1. The maximum absolute atomic E-state index is 13.1. The number of anilines is 1. The molecule has 1 unspecified atom stereocenters. The maximum atomic E-state index is 13.1. The second kappa shape index (κ2) is 5.61. The van der Waals surface area contributed by atoms with Crippen molar-refractivity contribution in [3.05, 3.63) is 29.6 Å². The molecule has 0 aliphatic carbocycles. The number of halogens is 1. The van der Waals surface area contributed by atoms with Crippen LogP contribution in [0.25, 0.3) is 0 Å². The fourth-order valence-corrected chi connectivity index (χ4v) is 1.47. The Bertz CT molecular complexity index is 379. The highest BCUT2D eigenvalue weighted by Crippen LogP contribution is 2.18. The standard InChI is InChI=1S/C12H17FN2O/c1-8(14-3)6-10-7-11(13)4-5-12(10)15-9(2)16/h4-5,7-8,14H,6H2,1-3H3,(H,15,16). The molecule has 0 aromatic heterocycles. The molecule has 4 heteroatoms. The second-order valence-electron chi connectivity index (χ2n) is 3.88. The summed E-state index contributed by atoms with van der Waals surface area (Å²) in [6.07, 6.45) is 0.671. The van der Waals surface area contributed by atoms with E-state index in [0.29, 0.717) is 12.1 Å². The molecule has 1 aromatic carbocycles. The van der Waals surface area contributed by atoms with E-state index >= 15 is 0 Å². The van der Waals surface area contributed by atoms with Crippen LogP contribution in [0.4, 0.5) is 10.1 Å². The molecule has 0 spiro atoms. The van der Waals surface area contributed by atoms with Crippen molar-refractivity contribution >= 4 is 11.6 Å². The lowest BCUT2D eigenvalue weighted by atomic mass is 10.0. The smallest absolute Gasteiger partial charge is 0.221 e. The number of amides is 1. The van der Waals surface area contributed by atoms with Crippen LogP contribution in [0.15, 0.2) is 18.2 Å². The van der Waals surface area contributed by atoms with Crippen LogP contribution in [0.2, 0.25) is 0 Å². The van der Waals surface area contributed by atoms with Gasteiger partial charge in [0, 0.05) is 18.7 Å². The van der Waals surface area contributed by atoms with Gasteiger partial charge in [0.2, 0.25) is 5.91 Å². The van der Waals surface area contributed by atoms with Gasteiger partial charge < -0.3 is 10.6 Å². The van der Waals surface area contributed by atoms with Crippen LogP contribution in [-0.2, 0) is 11.2 Å². The summed E-state index contributed by atoms with van der Waals surface area (Å²) >= 11 is 0. The van der Waals surface area contributed by atoms with Crippen molar-refractivity contribution in [2.24, 2.45) is 0 Å². The van der Waals surface area contributed by atoms with Gasteiger partial charge in [-0.25, -0.2) is 4.39 Å². The van der Waals surface area contributed by atoms with Gasteiger partial charge in [-0.2, -0.15) is 0 Å². The summed E-state index contributed by atoms with van der Waals surface area (Å²) in [5, 5.41) is 5.77. The van der Waals surface area contributed by atoms with Crippen LogP contribution >= 0.6 is 0 Å². The van der Waals surface area contributed by atoms with E-state index in [2.05, 4.69) is 10.6 Å². The summed E-state index contributed by atoms with van der Waals surface area (Å²) < 4.78 is 13.1. The zero-order valence-corrected chi connectivity index (χ0v) is 9.80. The van der Waals surface area contributed by atoms with E-state index in [1.54, 1.807) is 6.07 Å². The molecule has 0 bridgehead atoms. The largest absolute Gasteiger partial charge is 0.326 e. The Balaban J connectivity index is 2.93. The number of carbonyl (C=O) groups excluding carboxylic acids is 1. The predicted molar refractivity (Wildman–Crippen MR) is 62.9 cm³/mol. The van der Waals surface area contributed by atoms with E-state index in [1.807, 2.05) is 14.0 Å². The van der Waals surface area contributed by atoms with Crippen molar-refractivity contribution < 1.29 is 9.18 Å². The molecule has 16 heavy (non-hydrogen) atoms. The van der Waals surface area contributed by atoms with E-state index < -0.39 is 0 Å². The van der Waals surface area contributed by atoms with Crippen LogP contribution in [-0.4, -0.2) is 19.0 Å². The minimum atomic E-state index is -0.285. The number of hydrogen-bond acceptors (Lipinski definition) is 2. The number of benzene rings is 1. The third-order valence-electron chi connectivity index (χ3n) is 2.40. The van der Waals surface area contributed by atoms with E-state index in [-0.39, 0.29) is 17.8 Å². The SMILES string of the molecule is CNC(C)Cc1cc(F)ccc1NC(C)=O. The lowest BCUT2D eigenvalue weighted by molar-refractivity contribution is -0.114. The molecule has 0 radical (unpaired) electrons. The second-order valence-corrected chi connectivity index (χ2v) is 3.88. The Hall–Kier alpha value is -1.42. The van der Waals surface area contributed by atoms with Gasteiger partial charge >= 0.3 is 0 Å². The van der Waals surface area contributed by atoms with Crippen molar-refractivity contribution in [2.45, 2.75) is 26.3 Å². The molecule has 2 N–H and O–H groups in total. The fourth-order valence-electron chi connectivity index (χ4n) is 1.47. The molecule has 3 nitrogen and oxygen atoms in total. The Morgan fingerprint density at radius 2 is 2.19 bits per heavy atom. The highest BCUT2D eigenvalue weighted by molar-refractivity contribution is 5.89. The molecular formula is C12H17FN2O. The van der Waals surface area contributed by atoms with Crippen molar-refractivity contribution in [1.29, 1.82) is 0 Å². The van der Waals surface area contributed by atoms with Crippen LogP contribution in [0.5, 0.6) is 0 Å². The minimum absolute atomic E-state index is 0.148. The quantitative estimate of drug-likeness (QED) is 0.820. The lowest BCUT2D eigenvalue weighted by Gasteiger charge is -2.14. The summed E-state index contributed by atoms with van der Waals surface area (Å²) in [5.74, 6) is -0.433. The fraction of sp³-hybridized carbons (Fsp3) is 0.417. The third kappa shape index (κ3) is 3.62. The number of carbonyl (C=O) groups is 1. The highest BCUT2D eigenvalue weighted by atomic mass is 19.1. The molecule has 1 rings (SSSR count). The lowest BCUT2D eigenvalue weighted by Crippen LogP contribution is -2.24. The van der Waals surface area contributed by atoms with Crippen molar-refractivity contribution in [1.82, 2.24) is 5.32 Å². The molecule has 1 atom stereocenters. The number of likely N-dealkylation sites (N-methyl/N-ethyl adjacent to an activating group) is 1. The van der Waals surface area contributed by atoms with Crippen LogP contribution in [0, 0.1) is 5.82 Å². The first-order valence-corrected chi connectivity index (χ1v) is 5.26. The first-order valence-electron chi connectivity index (χ1n) is 5.26. The van der Waals surface area contributed by atoms with Crippen molar-refractivity contribution in [3.63, 3.8) is 0 Å². The predicted octanol–water partition coefficient (Wildman–Crippen LogP) is 1.93. The summed E-state index contributed by atoms with van der Waals surface area (Å²) in [5.41, 5.74) is 1.48. The van der Waals surface area contributed by atoms with E-state index in [9.17, 15) is 9.18 Å². The van der Waals surface area contributed by atoms with Gasteiger partial charge in [0.05, 0.1) is 0 Å². The first-order chi connectivity index (χ1) is 7.52. The van der Waals surface area contributed by atoms with Crippen LogP contribution < -0.4 is 10.6 Å². The zero-order valence-electron chi connectivity index (χ0n) is 9.80. The number of hydrogen-bond donors (Lipinski definition) is 2. The van der Waals surface area contributed by atoms with Crippen molar-refractivity contribution in [3.8, 4) is 0 Å². The summed E-state index contributed by atoms with van der Waals surface area (Å²) in [6.45, 7) is 3.44. The van der Waals surface area contributed by atoms with Crippen LogP contribution in [0.3, 0.4) is 0 Å². The van der Waals surface area contributed by atoms with Gasteiger partial charge in [0.15, 0.2) is 0 Å². The first kappa shape index (κ1) is 12.6. The van der Waals surface area contributed by atoms with E-state index in [1.165, 1.54) is 19.1 Å². The molecule has 0 aliphatic rings. The molecule has 1 amide bonds. The molecule has 0 saturated heterocycles. The Labute approximate surface area is 95.0 Å². The van der Waals surface area contributed by atoms with E-state index in [4.69, 9.17) is 0 Å². The number of nitrogens with one attached hydrogen (secondary N) is 2. The van der Waals surface area contributed by atoms with Crippen molar-refractivity contribution in [2.75, 3.05) is 12.4 Å². The minimum Gasteiger partial charge on any atom is -0.326 e. The molecule has 1 aromatic rings. The Morgan fingerprint density at radius 1 is 1.50 bits per heavy atom. The monoisotopic (exact) mass is 224 g/mol. The van der Waals surface area contributed by atoms with Gasteiger partial charge in [-0.15, -0.1) is 0 Å². The summed E-state index contributed by atoms with van der Waals surface area (Å²) in [7, 11) is 1.85. The van der Waals surface area contributed by atoms with E-state index in [0.717, 1.165) is 5.56 Å². The van der Waals surface area contributed by atoms with Gasteiger partial charge in [0.25, 0.3) is 0 Å². The maximum Gasteiger partial charge on any atom is 0.221 e. The Morgan fingerprint density at radius 3 is 2.75 bits per heavy atom. The topological polar surface area (TPSA) is 41.1 Å². The van der Waals surface area contributed by atoms with Gasteiger partial charge in [-0.05, 0) is 44.2 Å². The molecular weight excluding hydrogens is 207 g/mol.